The molecule has 0 bridgehead atoms. The first-order valence-electron chi connectivity index (χ1n) is 13.0. The molecule has 1 aromatic carbocycles. The summed E-state index contributed by atoms with van der Waals surface area (Å²) in [6.07, 6.45) is 4.23. The number of likely N-dealkylation sites (N-methyl/N-ethyl adjacent to an activating group) is 1. The third kappa shape index (κ3) is 5.44. The number of carbonyl (C=O) groups excluding carboxylic acids is 1. The number of amides is 1. The smallest absolute Gasteiger partial charge is 0.410 e. The molecule has 1 amide bonds. The third-order valence-electron chi connectivity index (χ3n) is 6.80. The number of nitrogens with zero attached hydrogens (tertiary/aromatic N) is 7. The zero-order valence-electron chi connectivity index (χ0n) is 23.6. The summed E-state index contributed by atoms with van der Waals surface area (Å²) in [5.41, 5.74) is 4.06. The molecule has 0 spiro atoms. The number of benzene rings is 1. The van der Waals surface area contributed by atoms with Gasteiger partial charge in [-0.2, -0.15) is 5.10 Å². The molecule has 1 saturated heterocycles. The van der Waals surface area contributed by atoms with Gasteiger partial charge in [-0.05, 0) is 52.3 Å². The first kappa shape index (κ1) is 26.6. The number of aromatic nitrogens is 5. The van der Waals surface area contributed by atoms with E-state index < -0.39 is 5.60 Å². The Balaban J connectivity index is 1.40. The van der Waals surface area contributed by atoms with Crippen molar-refractivity contribution in [3.8, 4) is 17.0 Å². The van der Waals surface area contributed by atoms with Crippen molar-refractivity contribution >= 4 is 34.0 Å². The van der Waals surface area contributed by atoms with Crippen molar-refractivity contribution in [2.75, 3.05) is 38.9 Å². The van der Waals surface area contributed by atoms with Crippen molar-refractivity contribution in [2.45, 2.75) is 45.8 Å². The van der Waals surface area contributed by atoms with Crippen molar-refractivity contribution in [1.82, 2.24) is 29.6 Å². The lowest BCUT2D eigenvalue weighted by Crippen LogP contribution is -2.42. The average Bonchev–Trinajstić information content (AvgIpc) is 3.53. The molecule has 1 fully saturated rings. The Labute approximate surface area is 227 Å². The van der Waals surface area contributed by atoms with Gasteiger partial charge < -0.3 is 24.0 Å². The highest BCUT2D eigenvalue weighted by Gasteiger charge is 2.31. The van der Waals surface area contributed by atoms with E-state index in [0.29, 0.717) is 23.5 Å². The fraction of sp³-hybridized carbons (Fsp3) is 0.464. The normalized spacial score (nSPS) is 15.8. The highest BCUT2D eigenvalue weighted by molar-refractivity contribution is 5.91. The van der Waals surface area contributed by atoms with E-state index in [1.165, 1.54) is 0 Å². The van der Waals surface area contributed by atoms with E-state index in [1.54, 1.807) is 29.9 Å². The van der Waals surface area contributed by atoms with Crippen molar-refractivity contribution in [3.05, 3.63) is 36.2 Å². The van der Waals surface area contributed by atoms with Gasteiger partial charge in [-0.25, -0.2) is 19.7 Å². The van der Waals surface area contributed by atoms with Crippen LogP contribution in [0.1, 0.15) is 32.8 Å². The summed E-state index contributed by atoms with van der Waals surface area (Å²) >= 11 is 0. The van der Waals surface area contributed by atoms with Crippen molar-refractivity contribution in [3.63, 3.8) is 0 Å². The van der Waals surface area contributed by atoms with Crippen molar-refractivity contribution < 1.29 is 19.0 Å². The van der Waals surface area contributed by atoms with Crippen LogP contribution in [0, 0.1) is 6.92 Å². The van der Waals surface area contributed by atoms with Gasteiger partial charge in [0.2, 0.25) is 0 Å². The molecule has 206 valence electrons. The van der Waals surface area contributed by atoms with Crippen LogP contribution >= 0.6 is 0 Å². The number of ether oxygens (including phenoxy) is 3. The molecule has 11 nitrogen and oxygen atoms in total. The number of hydrogen-bond acceptors (Lipinski definition) is 9. The summed E-state index contributed by atoms with van der Waals surface area (Å²) in [4.78, 5) is 30.6. The van der Waals surface area contributed by atoms with E-state index in [-0.39, 0.29) is 18.9 Å². The average molecular weight is 534 g/mol. The van der Waals surface area contributed by atoms with E-state index in [4.69, 9.17) is 24.2 Å². The number of methoxy groups -OCH3 is 1. The summed E-state index contributed by atoms with van der Waals surface area (Å²) in [6.45, 7) is 9.14. The molecule has 1 aliphatic heterocycles. The van der Waals surface area contributed by atoms with E-state index in [9.17, 15) is 4.79 Å². The minimum absolute atomic E-state index is 0.0361. The quantitative estimate of drug-likeness (QED) is 0.335. The molecule has 1 atom stereocenters. The second kappa shape index (κ2) is 10.3. The predicted octanol–water partition coefficient (Wildman–Crippen LogP) is 4.32. The maximum atomic E-state index is 12.5. The van der Waals surface area contributed by atoms with Gasteiger partial charge in [-0.3, -0.25) is 4.68 Å². The Morgan fingerprint density at radius 2 is 2.03 bits per heavy atom. The van der Waals surface area contributed by atoms with Crippen LogP contribution in [0.15, 0.2) is 30.6 Å². The number of hydrogen-bond donors (Lipinski definition) is 0. The van der Waals surface area contributed by atoms with E-state index in [1.807, 2.05) is 59.1 Å². The van der Waals surface area contributed by atoms with Crippen LogP contribution in [0.5, 0.6) is 5.75 Å². The van der Waals surface area contributed by atoms with E-state index in [2.05, 4.69) is 15.0 Å². The SMILES string of the molecule is COCOc1c(-c2ccc3nc(N4CCC(N(C)C(=O)OC(C)(C)C)C4)cnc3n2)cc2cn(C)nc2c1C. The summed E-state index contributed by atoms with van der Waals surface area (Å²) in [6, 6.07) is 5.92. The van der Waals surface area contributed by atoms with Crippen LogP contribution in [0.4, 0.5) is 10.6 Å². The van der Waals surface area contributed by atoms with Crippen molar-refractivity contribution in [2.24, 2.45) is 7.05 Å². The fourth-order valence-corrected chi connectivity index (χ4v) is 4.87. The maximum absolute atomic E-state index is 12.5. The first-order chi connectivity index (χ1) is 18.5. The molecular weight excluding hydrogens is 498 g/mol. The zero-order valence-corrected chi connectivity index (χ0v) is 23.6. The highest BCUT2D eigenvalue weighted by atomic mass is 16.7. The van der Waals surface area contributed by atoms with Crippen LogP contribution in [0.3, 0.4) is 0 Å². The largest absolute Gasteiger partial charge is 0.466 e. The summed E-state index contributed by atoms with van der Waals surface area (Å²) in [5, 5.41) is 5.57. The molecule has 1 aliphatic rings. The second-order valence-corrected chi connectivity index (χ2v) is 10.9. The standard InChI is InChI=1S/C28H35N7O4/c1-17-24-18(14-33(5)32-24)12-20(25(17)38-16-37-7)21-8-9-22-26(31-21)29-13-23(30-22)35-11-10-19(15-35)34(6)27(36)39-28(2,3)4/h8-9,12-14,19H,10-11,15-16H2,1-7H3. The summed E-state index contributed by atoms with van der Waals surface area (Å²) in [7, 11) is 5.28. The van der Waals surface area contributed by atoms with E-state index >= 15 is 0 Å². The lowest BCUT2D eigenvalue weighted by molar-refractivity contribution is 0.0237. The Morgan fingerprint density at radius 1 is 1.23 bits per heavy atom. The third-order valence-corrected chi connectivity index (χ3v) is 6.80. The molecule has 5 rings (SSSR count). The summed E-state index contributed by atoms with van der Waals surface area (Å²) < 4.78 is 18.5. The lowest BCUT2D eigenvalue weighted by Gasteiger charge is -2.28. The van der Waals surface area contributed by atoms with E-state index in [0.717, 1.165) is 46.5 Å². The van der Waals surface area contributed by atoms with Crippen LogP contribution in [-0.4, -0.2) is 81.4 Å². The Bertz CT molecular complexity index is 1530. The van der Waals surface area contributed by atoms with Crippen LogP contribution in [0.25, 0.3) is 33.3 Å². The monoisotopic (exact) mass is 533 g/mol. The number of aryl methyl sites for hydroxylation is 2. The molecule has 39 heavy (non-hydrogen) atoms. The van der Waals surface area contributed by atoms with Gasteiger partial charge in [-0.1, -0.05) is 0 Å². The van der Waals surface area contributed by atoms with Gasteiger partial charge in [0.05, 0.1) is 23.4 Å². The topological polar surface area (TPSA) is 108 Å². The van der Waals surface area contributed by atoms with Gasteiger partial charge in [0.15, 0.2) is 12.4 Å². The first-order valence-corrected chi connectivity index (χ1v) is 13.0. The fourth-order valence-electron chi connectivity index (χ4n) is 4.87. The molecule has 3 aromatic heterocycles. The summed E-state index contributed by atoms with van der Waals surface area (Å²) in [5.74, 6) is 1.44. The molecule has 0 aliphatic carbocycles. The number of rotatable bonds is 6. The van der Waals surface area contributed by atoms with Crippen LogP contribution in [0.2, 0.25) is 0 Å². The zero-order chi connectivity index (χ0) is 27.9. The van der Waals surface area contributed by atoms with Gasteiger partial charge >= 0.3 is 6.09 Å². The number of pyridine rings is 1. The molecule has 1 unspecified atom stereocenters. The second-order valence-electron chi connectivity index (χ2n) is 10.9. The minimum atomic E-state index is -0.529. The van der Waals surface area contributed by atoms with Crippen molar-refractivity contribution in [1.29, 1.82) is 0 Å². The Kier molecular flexibility index (Phi) is 7.02. The Hall–Kier alpha value is -3.99. The molecule has 0 N–H and O–H groups in total. The molecule has 0 saturated carbocycles. The molecule has 11 heteroatoms. The number of fused-ring (bicyclic) bond motifs is 2. The van der Waals surface area contributed by atoms with Crippen LogP contribution in [-0.2, 0) is 16.5 Å². The lowest BCUT2D eigenvalue weighted by atomic mass is 10.0. The molecule has 4 aromatic rings. The van der Waals surface area contributed by atoms with Gasteiger partial charge in [0.1, 0.15) is 22.7 Å². The van der Waals surface area contributed by atoms with Crippen LogP contribution < -0.4 is 9.64 Å². The molecular formula is C28H35N7O4. The molecule has 4 heterocycles. The highest BCUT2D eigenvalue weighted by Crippen LogP contribution is 2.37. The number of carbonyl (C=O) groups is 1. The predicted molar refractivity (Wildman–Crippen MR) is 149 cm³/mol. The van der Waals surface area contributed by atoms with Gasteiger partial charge in [0.25, 0.3) is 0 Å². The number of anilines is 1. The molecule has 0 radical (unpaired) electrons. The van der Waals surface area contributed by atoms with Gasteiger partial charge in [-0.15, -0.1) is 0 Å². The maximum Gasteiger partial charge on any atom is 0.410 e. The Morgan fingerprint density at radius 3 is 2.77 bits per heavy atom. The minimum Gasteiger partial charge on any atom is -0.466 e. The van der Waals surface area contributed by atoms with Gasteiger partial charge in [0, 0.05) is 57.0 Å².